The fraction of sp³-hybridized carbons (Fsp3) is 0.212. The van der Waals surface area contributed by atoms with Crippen LogP contribution in [0, 0.1) is 29.8 Å². The molecule has 1 aliphatic heterocycles. The van der Waals surface area contributed by atoms with E-state index in [1.807, 2.05) is 6.07 Å². The molecule has 42 heavy (non-hydrogen) atoms. The molecule has 8 nitrogen and oxygen atoms in total. The molecule has 3 heterocycles. The number of nitrogens with zero attached hydrogens (tertiary/aromatic N) is 5. The van der Waals surface area contributed by atoms with Gasteiger partial charge in [-0.05, 0) is 73.0 Å². The Kier molecular flexibility index (Phi) is 7.26. The summed E-state index contributed by atoms with van der Waals surface area (Å²) >= 11 is 0. The Labute approximate surface area is 242 Å². The number of non-ortho nitro benzene ring substituents is 1. The molecular weight excluding hydrogens is 533 g/mol. The lowest BCUT2D eigenvalue weighted by atomic mass is 10.00. The number of hydrogen-bond donors (Lipinski definition) is 0. The Balaban J connectivity index is 1.33. The van der Waals surface area contributed by atoms with Crippen molar-refractivity contribution in [2.75, 3.05) is 26.2 Å². The van der Waals surface area contributed by atoms with Gasteiger partial charge in [0.05, 0.1) is 16.3 Å². The number of pyridine rings is 1. The number of aromatic nitrogens is 2. The summed E-state index contributed by atoms with van der Waals surface area (Å²) < 4.78 is 15.8. The number of nitro groups is 1. The first-order valence-corrected chi connectivity index (χ1v) is 13.9. The Bertz CT molecular complexity index is 1810. The number of rotatable bonds is 6. The van der Waals surface area contributed by atoms with Crippen LogP contribution in [0.2, 0.25) is 0 Å². The van der Waals surface area contributed by atoms with Crippen molar-refractivity contribution in [1.29, 1.82) is 0 Å². The van der Waals surface area contributed by atoms with Crippen molar-refractivity contribution < 1.29 is 14.1 Å². The van der Waals surface area contributed by atoms with Crippen molar-refractivity contribution in [3.05, 3.63) is 123 Å². The van der Waals surface area contributed by atoms with Gasteiger partial charge in [-0.15, -0.1) is 0 Å². The highest BCUT2D eigenvalue weighted by atomic mass is 19.1. The maximum atomic E-state index is 13.7. The van der Waals surface area contributed by atoms with Crippen molar-refractivity contribution in [3.63, 3.8) is 0 Å². The zero-order valence-electron chi connectivity index (χ0n) is 23.5. The third-order valence-electron chi connectivity index (χ3n) is 7.88. The minimum absolute atomic E-state index is 0.0281. The number of benzene rings is 3. The summed E-state index contributed by atoms with van der Waals surface area (Å²) in [4.78, 5) is 32.8. The van der Waals surface area contributed by atoms with Crippen LogP contribution < -0.4 is 0 Å². The molecular formula is C33H30FN5O3. The van der Waals surface area contributed by atoms with Crippen LogP contribution in [-0.4, -0.2) is 56.2 Å². The highest BCUT2D eigenvalue weighted by Crippen LogP contribution is 2.31. The van der Waals surface area contributed by atoms with E-state index in [0.717, 1.165) is 33.7 Å². The van der Waals surface area contributed by atoms with Gasteiger partial charge in [-0.1, -0.05) is 29.8 Å². The molecule has 6 rings (SSSR count). The van der Waals surface area contributed by atoms with Crippen LogP contribution >= 0.6 is 0 Å². The quantitative estimate of drug-likeness (QED) is 0.179. The summed E-state index contributed by atoms with van der Waals surface area (Å²) in [6.45, 7) is 7.08. The Morgan fingerprint density at radius 1 is 0.929 bits per heavy atom. The normalized spacial score (nSPS) is 13.9. The third kappa shape index (κ3) is 5.38. The number of aryl methyl sites for hydroxylation is 2. The highest BCUT2D eigenvalue weighted by Gasteiger charge is 2.25. The van der Waals surface area contributed by atoms with Gasteiger partial charge >= 0.3 is 0 Å². The molecule has 0 saturated carbocycles. The number of halogens is 1. The number of imidazole rings is 1. The van der Waals surface area contributed by atoms with E-state index in [1.54, 1.807) is 29.2 Å². The van der Waals surface area contributed by atoms with Gasteiger partial charge in [-0.3, -0.25) is 19.8 Å². The number of fused-ring (bicyclic) bond motifs is 1. The van der Waals surface area contributed by atoms with Gasteiger partial charge in [0.25, 0.3) is 11.6 Å². The first kappa shape index (κ1) is 27.3. The highest BCUT2D eigenvalue weighted by molar-refractivity contribution is 5.94. The number of carbonyl (C=O) groups excluding carboxylic acids is 1. The predicted molar refractivity (Wildman–Crippen MR) is 160 cm³/mol. The van der Waals surface area contributed by atoms with Gasteiger partial charge in [-0.25, -0.2) is 9.37 Å². The minimum atomic E-state index is -0.425. The van der Waals surface area contributed by atoms with Gasteiger partial charge in [0, 0.05) is 62.2 Å². The molecule has 2 aromatic heterocycles. The maximum Gasteiger partial charge on any atom is 0.269 e. The van der Waals surface area contributed by atoms with Crippen molar-refractivity contribution >= 4 is 17.2 Å². The number of carbonyl (C=O) groups is 1. The van der Waals surface area contributed by atoms with E-state index in [9.17, 15) is 19.3 Å². The van der Waals surface area contributed by atoms with E-state index in [4.69, 9.17) is 4.98 Å². The molecule has 0 unspecified atom stereocenters. The van der Waals surface area contributed by atoms with Crippen molar-refractivity contribution in [3.8, 4) is 22.4 Å². The second-order valence-corrected chi connectivity index (χ2v) is 10.8. The average Bonchev–Trinajstić information content (AvgIpc) is 3.35. The molecule has 0 aliphatic carbocycles. The van der Waals surface area contributed by atoms with Crippen LogP contribution in [-0.2, 0) is 6.54 Å². The number of hydrogen-bond acceptors (Lipinski definition) is 5. The topological polar surface area (TPSA) is 84.0 Å². The van der Waals surface area contributed by atoms with Gasteiger partial charge in [-0.2, -0.15) is 0 Å². The van der Waals surface area contributed by atoms with Crippen LogP contribution in [0.1, 0.15) is 27.2 Å². The zero-order valence-corrected chi connectivity index (χ0v) is 23.5. The van der Waals surface area contributed by atoms with Crippen LogP contribution in [0.5, 0.6) is 0 Å². The first-order valence-electron chi connectivity index (χ1n) is 13.9. The third-order valence-corrected chi connectivity index (χ3v) is 7.88. The molecule has 0 bridgehead atoms. The van der Waals surface area contributed by atoms with E-state index < -0.39 is 10.7 Å². The standard InChI is InChI=1S/C33H30FN5O3/c1-22-6-7-23(2)29(18-22)26-10-13-31-35-32(24-8-11-28(12-9-24)39(41)42)30(38(31)20-26)21-36-14-16-37(17-15-36)33(40)25-4-3-5-27(34)19-25/h3-13,18-20H,14-17,21H2,1-2H3. The Hall–Kier alpha value is -4.89. The maximum absolute atomic E-state index is 13.7. The van der Waals surface area contributed by atoms with Crippen LogP contribution in [0.15, 0.2) is 85.1 Å². The monoisotopic (exact) mass is 563 g/mol. The van der Waals surface area contributed by atoms with Gasteiger partial charge in [0.1, 0.15) is 11.5 Å². The second kappa shape index (κ2) is 11.2. The molecule has 0 radical (unpaired) electrons. The number of piperazine rings is 1. The van der Waals surface area contributed by atoms with E-state index in [0.29, 0.717) is 38.3 Å². The lowest BCUT2D eigenvalue weighted by molar-refractivity contribution is -0.384. The molecule has 1 saturated heterocycles. The van der Waals surface area contributed by atoms with Gasteiger partial charge in [0.2, 0.25) is 0 Å². The van der Waals surface area contributed by atoms with Crippen molar-refractivity contribution in [2.24, 2.45) is 0 Å². The molecule has 0 N–H and O–H groups in total. The summed E-state index contributed by atoms with van der Waals surface area (Å²) in [6, 6.07) is 22.8. The van der Waals surface area contributed by atoms with E-state index in [-0.39, 0.29) is 11.6 Å². The number of amides is 1. The average molecular weight is 564 g/mol. The van der Waals surface area contributed by atoms with Gasteiger partial charge in [0.15, 0.2) is 0 Å². The zero-order chi connectivity index (χ0) is 29.4. The largest absolute Gasteiger partial charge is 0.336 e. The smallest absolute Gasteiger partial charge is 0.269 e. The van der Waals surface area contributed by atoms with Crippen LogP contribution in [0.3, 0.4) is 0 Å². The van der Waals surface area contributed by atoms with Crippen molar-refractivity contribution in [1.82, 2.24) is 19.2 Å². The van der Waals surface area contributed by atoms with Crippen molar-refractivity contribution in [2.45, 2.75) is 20.4 Å². The molecule has 1 amide bonds. The molecule has 3 aromatic carbocycles. The molecule has 9 heteroatoms. The summed E-state index contributed by atoms with van der Waals surface area (Å²) in [6.07, 6.45) is 2.11. The van der Waals surface area contributed by atoms with E-state index in [2.05, 4.69) is 53.6 Å². The molecule has 1 fully saturated rings. The fourth-order valence-corrected chi connectivity index (χ4v) is 5.55. The van der Waals surface area contributed by atoms with Crippen LogP contribution in [0.25, 0.3) is 28.0 Å². The Morgan fingerprint density at radius 2 is 1.67 bits per heavy atom. The summed E-state index contributed by atoms with van der Waals surface area (Å²) in [5, 5.41) is 11.3. The summed E-state index contributed by atoms with van der Waals surface area (Å²) in [5.74, 6) is -0.597. The fourth-order valence-electron chi connectivity index (χ4n) is 5.55. The molecule has 212 valence electrons. The predicted octanol–water partition coefficient (Wildman–Crippen LogP) is 6.29. The summed E-state index contributed by atoms with van der Waals surface area (Å²) in [7, 11) is 0. The first-order chi connectivity index (χ1) is 20.3. The minimum Gasteiger partial charge on any atom is -0.336 e. The Morgan fingerprint density at radius 3 is 2.38 bits per heavy atom. The van der Waals surface area contributed by atoms with E-state index >= 15 is 0 Å². The molecule has 1 aliphatic rings. The lowest BCUT2D eigenvalue weighted by Crippen LogP contribution is -2.48. The van der Waals surface area contributed by atoms with E-state index in [1.165, 1.54) is 35.4 Å². The van der Waals surface area contributed by atoms with Crippen LogP contribution in [0.4, 0.5) is 10.1 Å². The van der Waals surface area contributed by atoms with Gasteiger partial charge < -0.3 is 9.30 Å². The summed E-state index contributed by atoms with van der Waals surface area (Å²) in [5.41, 5.74) is 8.28. The lowest BCUT2D eigenvalue weighted by Gasteiger charge is -2.34. The SMILES string of the molecule is Cc1ccc(C)c(-c2ccc3nc(-c4ccc([N+](=O)[O-])cc4)c(CN4CCN(C(=O)c5cccc(F)c5)CC4)n3c2)c1. The molecule has 0 atom stereocenters. The molecule has 5 aromatic rings. The number of nitro benzene ring substituents is 1. The second-order valence-electron chi connectivity index (χ2n) is 10.8. The molecule has 0 spiro atoms.